The van der Waals surface area contributed by atoms with E-state index in [1.165, 1.54) is 59.8 Å². The van der Waals surface area contributed by atoms with Crippen LogP contribution in [0.5, 0.6) is 5.75 Å². The summed E-state index contributed by atoms with van der Waals surface area (Å²) in [7, 11) is 1.61. The number of hydrogen-bond acceptors (Lipinski definition) is 18. The number of rotatable bonds is 41. The summed E-state index contributed by atoms with van der Waals surface area (Å²) in [6.45, 7) is 15.5. The molecule has 10 atom stereocenters. The molecule has 0 heterocycles. The number of carbonyl (C=O) groups is 6. The van der Waals surface area contributed by atoms with Crippen LogP contribution in [0.15, 0.2) is 170 Å². The van der Waals surface area contributed by atoms with E-state index in [0.717, 1.165) is 11.3 Å². The van der Waals surface area contributed by atoms with Crippen LogP contribution in [0.25, 0.3) is 0 Å². The summed E-state index contributed by atoms with van der Waals surface area (Å²) in [6.07, 6.45) is 60.4. The van der Waals surface area contributed by atoms with Gasteiger partial charge in [0.2, 0.25) is 0 Å². The molecule has 686 valence electrons. The molecular weight excluding hydrogens is 1610 g/mol. The molecular formula is C110H138O18. The van der Waals surface area contributed by atoms with Gasteiger partial charge in [0.05, 0.1) is 50.3 Å². The Bertz CT molecular complexity index is 4460. The van der Waals surface area contributed by atoms with Gasteiger partial charge in [-0.2, -0.15) is 0 Å². The minimum atomic E-state index is -0.725. The van der Waals surface area contributed by atoms with Crippen molar-refractivity contribution in [3.05, 3.63) is 176 Å². The van der Waals surface area contributed by atoms with Crippen molar-refractivity contribution in [3.8, 4) is 149 Å². The van der Waals surface area contributed by atoms with E-state index >= 15 is 0 Å². The second-order valence-electron chi connectivity index (χ2n) is 29.0. The monoisotopic (exact) mass is 1750 g/mol. The molecule has 0 spiro atoms. The summed E-state index contributed by atoms with van der Waals surface area (Å²) in [4.78, 5) is 64.2. The van der Waals surface area contributed by atoms with Gasteiger partial charge in [0.25, 0.3) is 0 Å². The van der Waals surface area contributed by atoms with Crippen LogP contribution >= 0.6 is 0 Å². The zero-order valence-electron chi connectivity index (χ0n) is 76.8. The number of aliphatic hydroxyl groups is 10. The van der Waals surface area contributed by atoms with Crippen molar-refractivity contribution in [3.63, 3.8) is 0 Å². The van der Waals surface area contributed by atoms with Gasteiger partial charge in [0.15, 0.2) is 5.78 Å². The molecule has 0 bridgehead atoms. The molecule has 18 nitrogen and oxygen atoms in total. The standard InChI is InChI=1S/C23H26O4.C22H30O3.C19H26O3.C17H22O3.C15H18O3.C14H16O2/c1-19(24)9-7-13-21(25)11-5-3-4-6-12-22(26)14-8-10-20-15-17-23(27-2)18-16-20;1-19(23)11-9-17-21(24)15-7-2-3-8-16-22(25)18-10-14-20-12-5-4-6-13-20;1-16(2)10-8-14-18(21)12-6-4-5-7-13-19(22)15-9-11-17(3)20;1-3-4-11-16(19)12-7-5-6-8-13-17(20)14-9-10-15(2)18;1-3-10-15(17)11-8-6-4-5-7-9-12-18-13-14(2)16;1-3-10-14(16)12-9-7-5-4-6-8-11-13(2)15/h3-4,6,12,15-18,21-22,25-26H,7,9,13-14H2,1-2H3;2-3,8,16,20-22,24-25H,4-6,9,11-13,17-18H2,1H3;4-6,12,16,18-19,21-22H,9,11,14-15H2,1-3H3;5-7,12,16-17,19-20H,9-11,14H2,1-2H3;1,4,6,8,11,15,17H,9-10,12-13H2,2H3;1,5,7,9,12,14,16H,8,10-11H2,2H3/b4-3+,12-6+;3-2+,16-8+;5-4+,12-6+;6-5+,12-7+;6-4+,11-8+;7-5+,12-9+/t2*21-,22+;18-,19+;16-,17-;15-;14-/m110111/s1. The van der Waals surface area contributed by atoms with Gasteiger partial charge in [0.1, 0.15) is 65.7 Å². The Morgan fingerprint density at radius 3 is 1.05 bits per heavy atom. The number of methoxy groups -OCH3 is 1. The lowest BCUT2D eigenvalue weighted by molar-refractivity contribution is -0.121. The Hall–Kier alpha value is -11.8. The van der Waals surface area contributed by atoms with Gasteiger partial charge in [-0.05, 0) is 173 Å². The number of ether oxygens (including phenoxy) is 2. The number of ketones is 6. The lowest BCUT2D eigenvalue weighted by atomic mass is 9.90. The summed E-state index contributed by atoms with van der Waals surface area (Å²) in [5.74, 6) is 63.7. The number of aliphatic hydroxyl groups excluding tert-OH is 10. The number of Topliss-reactive ketones (excluding diaryl/α,β-unsaturated/α-hetero) is 6. The maximum absolute atomic E-state index is 10.8. The lowest BCUT2D eigenvalue weighted by Gasteiger charge is -2.15. The minimum Gasteiger partial charge on any atom is -0.497 e. The highest BCUT2D eigenvalue weighted by Gasteiger charge is 2.11. The second kappa shape index (κ2) is 91.4. The molecule has 2 rings (SSSR count). The lowest BCUT2D eigenvalue weighted by Crippen LogP contribution is -2.04. The van der Waals surface area contributed by atoms with E-state index in [1.54, 1.807) is 174 Å². The highest BCUT2D eigenvalue weighted by atomic mass is 16.5. The van der Waals surface area contributed by atoms with Crippen molar-refractivity contribution in [2.75, 3.05) is 20.3 Å². The first kappa shape index (κ1) is 122. The molecule has 1 fully saturated rings. The Labute approximate surface area is 766 Å². The van der Waals surface area contributed by atoms with E-state index in [-0.39, 0.29) is 41.3 Å². The van der Waals surface area contributed by atoms with Crippen LogP contribution in [0.4, 0.5) is 0 Å². The van der Waals surface area contributed by atoms with Crippen molar-refractivity contribution >= 4 is 34.7 Å². The Kier molecular flexibility index (Phi) is 87.5. The molecule has 0 aromatic heterocycles. The molecule has 0 amide bonds. The fraction of sp³-hybridized carbons (Fsp3) is 0.455. The molecule has 10 N–H and O–H groups in total. The SMILES string of the molecule is C#CC[C@@H](O)/C=C/C=C/C#CCCC(C)=O.C#CC[C@@H](O)/C=C/C=C/C#CCCOCC(C)=O.CC#CC[C@@H](O)/C=C/C=C/C#C[C@@H](O)CCCC(C)=O.CC(=O)CCC[C@H](O)C#C/C=C/C=C/[C@H](O)CC#CC(C)C.CC(=O)CCC[C@H](O)C#C/C=C/C=C/[C@H](O)CC#CC1CCCCC1.COc1ccc(C#CC[C@@H](O)/C=C/C=C/C#C[C@@H](O)CCCC(C)=O)cc1. The molecule has 1 aliphatic rings. The molecule has 1 aromatic rings. The number of carbonyl (C=O) groups excluding carboxylic acids is 6. The molecule has 0 unspecified atom stereocenters. The molecule has 128 heavy (non-hydrogen) atoms. The largest absolute Gasteiger partial charge is 0.497 e. The second-order valence-corrected chi connectivity index (χ2v) is 29.0. The van der Waals surface area contributed by atoms with Crippen molar-refractivity contribution < 1.29 is 89.3 Å². The summed E-state index contributed by atoms with van der Waals surface area (Å²) in [5, 5.41) is 95.5. The van der Waals surface area contributed by atoms with Crippen molar-refractivity contribution in [2.24, 2.45) is 11.8 Å². The Morgan fingerprint density at radius 2 is 0.719 bits per heavy atom. The predicted molar refractivity (Wildman–Crippen MR) is 516 cm³/mol. The number of hydrogen-bond donors (Lipinski definition) is 10. The average Bonchev–Trinajstić information content (AvgIpc) is 0.925. The van der Waals surface area contributed by atoms with Crippen LogP contribution in [0.3, 0.4) is 0 Å². The smallest absolute Gasteiger partial charge is 0.155 e. The van der Waals surface area contributed by atoms with Gasteiger partial charge in [-0.25, -0.2) is 0 Å². The highest BCUT2D eigenvalue weighted by Crippen LogP contribution is 2.23. The van der Waals surface area contributed by atoms with Crippen molar-refractivity contribution in [1.29, 1.82) is 0 Å². The number of allylic oxidation sites excluding steroid dienone is 18. The van der Waals surface area contributed by atoms with Crippen LogP contribution in [0.1, 0.15) is 235 Å². The van der Waals surface area contributed by atoms with Gasteiger partial charge in [-0.15, -0.1) is 42.4 Å². The van der Waals surface area contributed by atoms with Gasteiger partial charge in [-0.3, -0.25) is 9.59 Å². The van der Waals surface area contributed by atoms with Crippen molar-refractivity contribution in [1.82, 2.24) is 0 Å². The first-order valence-electron chi connectivity index (χ1n) is 43.1. The van der Waals surface area contributed by atoms with E-state index in [4.69, 9.17) is 22.3 Å². The summed E-state index contributed by atoms with van der Waals surface area (Å²) in [5.41, 5.74) is 0.865. The summed E-state index contributed by atoms with van der Waals surface area (Å²) >= 11 is 0. The first-order valence-corrected chi connectivity index (χ1v) is 43.1. The Morgan fingerprint density at radius 1 is 0.391 bits per heavy atom. The summed E-state index contributed by atoms with van der Waals surface area (Å²) < 4.78 is 10.1. The Balaban J connectivity index is -0.000000727. The molecule has 0 saturated heterocycles. The molecule has 1 saturated carbocycles. The van der Waals surface area contributed by atoms with Crippen molar-refractivity contribution in [2.45, 2.75) is 290 Å². The maximum Gasteiger partial charge on any atom is 0.155 e. The third-order valence-electron chi connectivity index (χ3n) is 16.0. The molecule has 1 aromatic carbocycles. The van der Waals surface area contributed by atoms with Gasteiger partial charge in [0, 0.05) is 101 Å². The molecule has 18 heteroatoms. The average molecular weight is 1750 g/mol. The van der Waals surface area contributed by atoms with E-state index in [0.29, 0.717) is 153 Å². The van der Waals surface area contributed by atoms with E-state index in [1.807, 2.05) is 38.1 Å². The predicted octanol–water partition coefficient (Wildman–Crippen LogP) is 14.6. The van der Waals surface area contributed by atoms with Crippen LogP contribution in [-0.2, 0) is 33.5 Å². The molecule has 1 aliphatic carbocycles. The van der Waals surface area contributed by atoms with Gasteiger partial charge < -0.3 is 79.7 Å². The topological polar surface area (TPSA) is 323 Å². The third-order valence-corrected chi connectivity index (χ3v) is 16.0. The zero-order chi connectivity index (χ0) is 96.1. The fourth-order valence-electron chi connectivity index (χ4n) is 9.37. The number of terminal acetylenes is 2. The van der Waals surface area contributed by atoms with Crippen LogP contribution in [0, 0.1) is 155 Å². The fourth-order valence-corrected chi connectivity index (χ4v) is 9.37. The van der Waals surface area contributed by atoms with Gasteiger partial charge >= 0.3 is 0 Å². The molecule has 0 radical (unpaired) electrons. The van der Waals surface area contributed by atoms with E-state index in [2.05, 4.69) is 130 Å². The van der Waals surface area contributed by atoms with E-state index in [9.17, 15) is 79.8 Å². The number of benzene rings is 1. The normalized spacial score (nSPS) is 13.7. The maximum atomic E-state index is 10.8. The zero-order valence-corrected chi connectivity index (χ0v) is 76.8. The van der Waals surface area contributed by atoms with Crippen LogP contribution in [0.2, 0.25) is 0 Å². The van der Waals surface area contributed by atoms with Crippen LogP contribution in [-0.4, -0.2) is 167 Å². The van der Waals surface area contributed by atoms with Gasteiger partial charge in [-0.1, -0.05) is 243 Å². The van der Waals surface area contributed by atoms with E-state index < -0.39 is 61.0 Å². The minimum absolute atomic E-state index is 0.0125. The first-order chi connectivity index (χ1) is 61.4. The van der Waals surface area contributed by atoms with Crippen LogP contribution < -0.4 is 4.74 Å². The third kappa shape index (κ3) is 101. The molecule has 0 aliphatic heterocycles. The quantitative estimate of drug-likeness (QED) is 0.0165. The summed E-state index contributed by atoms with van der Waals surface area (Å²) in [6, 6.07) is 7.41. The highest BCUT2D eigenvalue weighted by molar-refractivity contribution is 5.77.